The SMILES string of the molecule is COc1ccc(CCNC(=O)[C@@H](C)Sc2nnc(-c3ccncc3)n2C2CC2)cc1. The van der Waals surface area contributed by atoms with Crippen LogP contribution in [0.1, 0.15) is 31.4 Å². The van der Waals surface area contributed by atoms with Gasteiger partial charge in [-0.25, -0.2) is 0 Å². The Balaban J connectivity index is 1.35. The van der Waals surface area contributed by atoms with Gasteiger partial charge in [0.15, 0.2) is 11.0 Å². The third-order valence-electron chi connectivity index (χ3n) is 5.04. The Kier molecular flexibility index (Phi) is 6.32. The molecule has 2 aromatic heterocycles. The number of carbonyl (C=O) groups excluding carboxylic acids is 1. The number of nitrogens with one attached hydrogen (secondary N) is 1. The zero-order valence-electron chi connectivity index (χ0n) is 17.1. The van der Waals surface area contributed by atoms with Crippen molar-refractivity contribution >= 4 is 17.7 Å². The van der Waals surface area contributed by atoms with Crippen LogP contribution in [0.2, 0.25) is 0 Å². The highest BCUT2D eigenvalue weighted by atomic mass is 32.2. The second kappa shape index (κ2) is 9.30. The Morgan fingerprint density at radius 1 is 1.20 bits per heavy atom. The first-order valence-electron chi connectivity index (χ1n) is 10.1. The van der Waals surface area contributed by atoms with Crippen LogP contribution in [0, 0.1) is 0 Å². The lowest BCUT2D eigenvalue weighted by atomic mass is 10.1. The third kappa shape index (κ3) is 4.81. The summed E-state index contributed by atoms with van der Waals surface area (Å²) in [6.45, 7) is 2.50. The quantitative estimate of drug-likeness (QED) is 0.530. The zero-order chi connectivity index (χ0) is 20.9. The number of aromatic nitrogens is 4. The van der Waals surface area contributed by atoms with Gasteiger partial charge in [0, 0.05) is 30.5 Å². The van der Waals surface area contributed by atoms with E-state index in [-0.39, 0.29) is 11.2 Å². The van der Waals surface area contributed by atoms with Gasteiger partial charge in [-0.1, -0.05) is 23.9 Å². The van der Waals surface area contributed by atoms with Gasteiger partial charge in [0.1, 0.15) is 5.75 Å². The number of amides is 1. The van der Waals surface area contributed by atoms with Crippen molar-refractivity contribution in [3.63, 3.8) is 0 Å². The van der Waals surface area contributed by atoms with Crippen LogP contribution in [-0.4, -0.2) is 44.6 Å². The summed E-state index contributed by atoms with van der Waals surface area (Å²) in [5.41, 5.74) is 2.15. The number of hydrogen-bond acceptors (Lipinski definition) is 6. The van der Waals surface area contributed by atoms with Gasteiger partial charge < -0.3 is 10.1 Å². The summed E-state index contributed by atoms with van der Waals surface area (Å²) < 4.78 is 7.34. The van der Waals surface area contributed by atoms with Gasteiger partial charge in [-0.2, -0.15) is 0 Å². The van der Waals surface area contributed by atoms with Gasteiger partial charge in [0.2, 0.25) is 5.91 Å². The number of benzene rings is 1. The van der Waals surface area contributed by atoms with Crippen molar-refractivity contribution in [2.24, 2.45) is 0 Å². The number of carbonyl (C=O) groups is 1. The molecule has 0 bridgehead atoms. The van der Waals surface area contributed by atoms with Crippen LogP contribution in [0.25, 0.3) is 11.4 Å². The Labute approximate surface area is 180 Å². The van der Waals surface area contributed by atoms with E-state index in [1.807, 2.05) is 43.3 Å². The van der Waals surface area contributed by atoms with E-state index in [0.29, 0.717) is 12.6 Å². The molecule has 1 saturated carbocycles. The largest absolute Gasteiger partial charge is 0.497 e. The van der Waals surface area contributed by atoms with E-state index < -0.39 is 0 Å². The molecular weight excluding hydrogens is 398 g/mol. The number of methoxy groups -OCH3 is 1. The summed E-state index contributed by atoms with van der Waals surface area (Å²) in [6.07, 6.45) is 6.52. The lowest BCUT2D eigenvalue weighted by molar-refractivity contribution is -0.120. The molecule has 8 heteroatoms. The van der Waals surface area contributed by atoms with Crippen LogP contribution in [0.5, 0.6) is 5.75 Å². The van der Waals surface area contributed by atoms with Gasteiger partial charge in [-0.15, -0.1) is 10.2 Å². The van der Waals surface area contributed by atoms with Gasteiger partial charge in [-0.3, -0.25) is 14.3 Å². The highest BCUT2D eigenvalue weighted by molar-refractivity contribution is 8.00. The molecule has 1 fully saturated rings. The number of hydrogen-bond donors (Lipinski definition) is 1. The van der Waals surface area contributed by atoms with Crippen molar-refractivity contribution in [3.8, 4) is 17.1 Å². The minimum absolute atomic E-state index is 0.00400. The molecule has 0 aliphatic heterocycles. The molecule has 0 spiro atoms. The maximum atomic E-state index is 12.6. The first kappa shape index (κ1) is 20.4. The van der Waals surface area contributed by atoms with Crippen molar-refractivity contribution in [3.05, 3.63) is 54.4 Å². The molecule has 1 aromatic carbocycles. The molecule has 0 radical (unpaired) electrons. The maximum absolute atomic E-state index is 12.6. The van der Waals surface area contributed by atoms with E-state index in [2.05, 4.69) is 25.1 Å². The van der Waals surface area contributed by atoms with E-state index in [9.17, 15) is 4.79 Å². The fourth-order valence-corrected chi connectivity index (χ4v) is 4.14. The molecule has 1 amide bonds. The van der Waals surface area contributed by atoms with Gasteiger partial charge in [0.05, 0.1) is 12.4 Å². The monoisotopic (exact) mass is 423 g/mol. The second-order valence-electron chi connectivity index (χ2n) is 7.29. The van der Waals surface area contributed by atoms with Crippen LogP contribution < -0.4 is 10.1 Å². The number of rotatable bonds is 9. The summed E-state index contributed by atoms with van der Waals surface area (Å²) in [7, 11) is 1.65. The first-order valence-corrected chi connectivity index (χ1v) is 11.0. The van der Waals surface area contributed by atoms with E-state index in [1.165, 1.54) is 11.8 Å². The van der Waals surface area contributed by atoms with E-state index >= 15 is 0 Å². The van der Waals surface area contributed by atoms with E-state index in [1.54, 1.807) is 19.5 Å². The van der Waals surface area contributed by atoms with Gasteiger partial charge >= 0.3 is 0 Å². The number of thioether (sulfide) groups is 1. The Morgan fingerprint density at radius 3 is 2.60 bits per heavy atom. The molecule has 2 heterocycles. The standard InChI is InChI=1S/C22H25N5O2S/c1-15(21(28)24-14-9-16-3-7-19(29-2)8-4-16)30-22-26-25-20(27(22)18-5-6-18)17-10-12-23-13-11-17/h3-4,7-8,10-13,15,18H,5-6,9,14H2,1-2H3,(H,24,28)/t15-/m1/s1. The van der Waals surface area contributed by atoms with Crippen molar-refractivity contribution in [2.75, 3.05) is 13.7 Å². The minimum Gasteiger partial charge on any atom is -0.497 e. The van der Waals surface area contributed by atoms with Crippen molar-refractivity contribution < 1.29 is 9.53 Å². The van der Waals surface area contributed by atoms with Crippen molar-refractivity contribution in [1.82, 2.24) is 25.1 Å². The van der Waals surface area contributed by atoms with Crippen LogP contribution in [0.15, 0.2) is 53.9 Å². The smallest absolute Gasteiger partial charge is 0.233 e. The number of pyridine rings is 1. The van der Waals surface area contributed by atoms with Crippen LogP contribution >= 0.6 is 11.8 Å². The average Bonchev–Trinajstić information content (AvgIpc) is 3.54. The molecule has 156 valence electrons. The highest BCUT2D eigenvalue weighted by Gasteiger charge is 2.31. The topological polar surface area (TPSA) is 81.9 Å². The molecule has 1 N–H and O–H groups in total. The van der Waals surface area contributed by atoms with Crippen LogP contribution in [-0.2, 0) is 11.2 Å². The molecule has 0 unspecified atom stereocenters. The molecule has 1 atom stereocenters. The molecule has 1 aliphatic carbocycles. The van der Waals surface area contributed by atoms with E-state index in [4.69, 9.17) is 4.74 Å². The summed E-state index contributed by atoms with van der Waals surface area (Å²) in [6, 6.07) is 12.2. The summed E-state index contributed by atoms with van der Waals surface area (Å²) >= 11 is 1.46. The Hall–Kier alpha value is -2.87. The summed E-state index contributed by atoms with van der Waals surface area (Å²) in [4.78, 5) is 16.7. The van der Waals surface area contributed by atoms with Crippen LogP contribution in [0.3, 0.4) is 0 Å². The highest BCUT2D eigenvalue weighted by Crippen LogP contribution is 2.41. The number of ether oxygens (including phenoxy) is 1. The fourth-order valence-electron chi connectivity index (χ4n) is 3.19. The zero-order valence-corrected chi connectivity index (χ0v) is 17.9. The van der Waals surface area contributed by atoms with Gasteiger partial charge in [-0.05, 0) is 56.0 Å². The second-order valence-corrected chi connectivity index (χ2v) is 8.60. The molecule has 30 heavy (non-hydrogen) atoms. The van der Waals surface area contributed by atoms with Crippen molar-refractivity contribution in [2.45, 2.75) is 42.6 Å². The minimum atomic E-state index is -0.257. The summed E-state index contributed by atoms with van der Waals surface area (Å²) in [5, 5.41) is 12.3. The lowest BCUT2D eigenvalue weighted by Crippen LogP contribution is -2.32. The maximum Gasteiger partial charge on any atom is 0.233 e. The molecule has 7 nitrogen and oxygen atoms in total. The summed E-state index contributed by atoms with van der Waals surface area (Å²) in [5.74, 6) is 1.68. The average molecular weight is 424 g/mol. The molecular formula is C22H25N5O2S. The fraction of sp³-hybridized carbons (Fsp3) is 0.364. The predicted molar refractivity (Wildman–Crippen MR) is 117 cm³/mol. The number of nitrogens with zero attached hydrogens (tertiary/aromatic N) is 4. The lowest BCUT2D eigenvalue weighted by Gasteiger charge is -2.13. The predicted octanol–water partition coefficient (Wildman–Crippen LogP) is 3.52. The molecule has 4 rings (SSSR count). The Morgan fingerprint density at radius 2 is 1.93 bits per heavy atom. The molecule has 1 aliphatic rings. The van der Waals surface area contributed by atoms with Crippen molar-refractivity contribution in [1.29, 1.82) is 0 Å². The molecule has 3 aromatic rings. The first-order chi connectivity index (χ1) is 14.7. The Bertz CT molecular complexity index is 987. The van der Waals surface area contributed by atoms with Gasteiger partial charge in [0.25, 0.3) is 0 Å². The molecule has 0 saturated heterocycles. The van der Waals surface area contributed by atoms with E-state index in [0.717, 1.165) is 47.1 Å². The van der Waals surface area contributed by atoms with Crippen LogP contribution in [0.4, 0.5) is 0 Å². The normalized spacial score (nSPS) is 14.3. The third-order valence-corrected chi connectivity index (χ3v) is 6.10.